The number of nitrogens with zero attached hydrogens (tertiary/aromatic N) is 1. The van der Waals surface area contributed by atoms with E-state index in [1.807, 2.05) is 0 Å². The molecule has 4 nitrogen and oxygen atoms in total. The van der Waals surface area contributed by atoms with Gasteiger partial charge in [0, 0.05) is 154 Å². The Kier molecular flexibility index (Phi) is 25.7. The number of hydrogen-bond donors (Lipinski definition) is 1. The van der Waals surface area contributed by atoms with Crippen molar-refractivity contribution in [1.29, 1.82) is 0 Å². The summed E-state index contributed by atoms with van der Waals surface area (Å²) >= 11 is 0. The minimum absolute atomic E-state index is 0.206. The topological polar surface area (TPSA) is 51.0 Å². The second kappa shape index (κ2) is 34.0. The highest BCUT2D eigenvalue weighted by molar-refractivity contribution is 5.83. The minimum Gasteiger partial charge on any atom is -0.411 e. The summed E-state index contributed by atoms with van der Waals surface area (Å²) in [6.45, 7) is 0. The van der Waals surface area contributed by atoms with Crippen LogP contribution in [0.15, 0.2) is 23.4 Å². The van der Waals surface area contributed by atoms with E-state index < -0.39 is 0 Å². The summed E-state index contributed by atoms with van der Waals surface area (Å²) in [6, 6.07) is 4.59. The van der Waals surface area contributed by atoms with Crippen LogP contribution in [0, 0.1) is 262 Å². The summed E-state index contributed by atoms with van der Waals surface area (Å²) in [5, 5.41) is 11.9. The van der Waals surface area contributed by atoms with Crippen molar-refractivity contribution < 1.29 is 14.7 Å². The van der Waals surface area contributed by atoms with Crippen LogP contribution >= 0.6 is 0 Å². The fraction of sp³-hybridized carbons (Fsp3) is 0. The number of benzene rings is 1. The van der Waals surface area contributed by atoms with Gasteiger partial charge in [-0.05, 0) is 107 Å². The third-order valence-electron chi connectivity index (χ3n) is 4.01. The molecule has 0 amide bonds. The lowest BCUT2D eigenvalue weighted by molar-refractivity contribution is 0.321. The SMILES string of the molecule is C#CC#CC#CC#CC#CC#CC#CC#CC#CC#CC#COc1ccc(C=NO)c(OC#CC#CC#CC#CC#CC#CC#CC#CC#CC#CC#C)c1. The molecule has 1 aromatic carbocycles. The van der Waals surface area contributed by atoms with Crippen LogP contribution in [0.3, 0.4) is 0 Å². The smallest absolute Gasteiger partial charge is 0.152 e. The largest absolute Gasteiger partial charge is 0.411 e. The maximum Gasteiger partial charge on any atom is 0.152 e. The molecule has 0 heterocycles. The first-order chi connectivity index (χ1) is 27.3. The molecule has 0 fully saturated rings. The Balaban J connectivity index is 2.67. The molecule has 0 saturated heterocycles. The Hall–Kier alpha value is -11.4. The zero-order chi connectivity index (χ0) is 39.4. The Morgan fingerprint density at radius 2 is 0.655 bits per heavy atom. The molecule has 0 atom stereocenters. The van der Waals surface area contributed by atoms with Crippen molar-refractivity contribution in [1.82, 2.24) is 0 Å². The summed E-state index contributed by atoms with van der Waals surface area (Å²) in [5.74, 6) is 98.5. The lowest BCUT2D eigenvalue weighted by Gasteiger charge is -2.04. The fourth-order valence-corrected chi connectivity index (χ4v) is 2.19. The predicted octanol–water partition coefficient (Wildman–Crippen LogP) is 1.50. The maximum absolute atomic E-state index is 8.93. The van der Waals surface area contributed by atoms with Crippen LogP contribution in [0.25, 0.3) is 0 Å². The second-order valence-corrected chi connectivity index (χ2v) is 7.39. The molecule has 0 unspecified atom stereocenters. The monoisotopic (exact) mass is 681 g/mol. The van der Waals surface area contributed by atoms with Gasteiger partial charge in [0.15, 0.2) is 5.75 Å². The van der Waals surface area contributed by atoms with Crippen molar-refractivity contribution in [2.75, 3.05) is 0 Å². The Morgan fingerprint density at radius 3 is 0.945 bits per heavy atom. The molecule has 0 bridgehead atoms. The molecule has 4 heteroatoms. The predicted molar refractivity (Wildman–Crippen MR) is 210 cm³/mol. The van der Waals surface area contributed by atoms with E-state index in [9.17, 15) is 0 Å². The molecule has 0 aromatic heterocycles. The summed E-state index contributed by atoms with van der Waals surface area (Å²) in [6.07, 6.45) is 15.8. The van der Waals surface area contributed by atoms with E-state index in [0.29, 0.717) is 11.3 Å². The van der Waals surface area contributed by atoms with E-state index in [-0.39, 0.29) is 5.75 Å². The molecule has 234 valence electrons. The Bertz CT molecular complexity index is 3190. The van der Waals surface area contributed by atoms with Crippen LogP contribution in [-0.4, -0.2) is 11.4 Å². The van der Waals surface area contributed by atoms with E-state index in [2.05, 4.69) is 254 Å². The Labute approximate surface area is 322 Å². The van der Waals surface area contributed by atoms with E-state index in [4.69, 9.17) is 27.5 Å². The molecule has 0 spiro atoms. The molecular formula is C51H7NO3. The maximum atomic E-state index is 8.93. The highest BCUT2D eigenvalue weighted by Gasteiger charge is 2.04. The molecular weight excluding hydrogens is 675 g/mol. The zero-order valence-corrected chi connectivity index (χ0v) is 27.7. The van der Waals surface area contributed by atoms with Gasteiger partial charge in [-0.3, -0.25) is 0 Å². The van der Waals surface area contributed by atoms with Crippen LogP contribution in [0.1, 0.15) is 5.56 Å². The quantitative estimate of drug-likeness (QED) is 0.228. The molecule has 55 heavy (non-hydrogen) atoms. The first-order valence-corrected chi connectivity index (χ1v) is 13.9. The lowest BCUT2D eigenvalue weighted by Crippen LogP contribution is -1.92. The second-order valence-electron chi connectivity index (χ2n) is 7.39. The number of oxime groups is 1. The van der Waals surface area contributed by atoms with E-state index in [0.717, 1.165) is 6.21 Å². The molecule has 1 aromatic rings. The lowest BCUT2D eigenvalue weighted by atomic mass is 10.2. The van der Waals surface area contributed by atoms with Gasteiger partial charge in [0.25, 0.3) is 0 Å². The van der Waals surface area contributed by atoms with Crippen molar-refractivity contribution in [3.63, 3.8) is 0 Å². The summed E-state index contributed by atoms with van der Waals surface area (Å²) < 4.78 is 10.7. The number of terminal acetylenes is 2. The third-order valence-corrected chi connectivity index (χ3v) is 4.01. The number of rotatable bonds is 3. The normalized spacial score (nSPS) is 5.42. The first-order valence-electron chi connectivity index (χ1n) is 13.9. The van der Waals surface area contributed by atoms with Gasteiger partial charge in [-0.25, -0.2) is 0 Å². The van der Waals surface area contributed by atoms with Crippen LogP contribution in [0.2, 0.25) is 0 Å². The first kappa shape index (κ1) is 41.6. The molecule has 1 rings (SSSR count). The van der Waals surface area contributed by atoms with Crippen LogP contribution in [0.5, 0.6) is 11.5 Å². The van der Waals surface area contributed by atoms with E-state index in [1.54, 1.807) is 12.1 Å². The fourth-order valence-electron chi connectivity index (χ4n) is 2.19. The molecule has 0 aliphatic heterocycles. The van der Waals surface area contributed by atoms with Crippen molar-refractivity contribution in [3.05, 3.63) is 23.8 Å². The van der Waals surface area contributed by atoms with Gasteiger partial charge < -0.3 is 14.7 Å². The third kappa shape index (κ3) is 27.4. The van der Waals surface area contributed by atoms with E-state index in [1.165, 1.54) is 6.07 Å². The summed E-state index contributed by atoms with van der Waals surface area (Å²) in [5.41, 5.74) is 0.401. The standard InChI is InChI=1S/C51H7NO3/c1-3-5-7-9-11-13-15-17-19-21-23-25-27-29-31-33-35-37-39-41-45-54-50-44-43-49(48-52-53)51(47-50)55-46-42-40-38-36-34-32-30-28-26-24-22-20-18-16-14-12-10-8-6-4-2/h1-2,43-44,47-48,53H. The molecule has 1 N–H and O–H groups in total. The van der Waals surface area contributed by atoms with Gasteiger partial charge in [-0.2, -0.15) is 0 Å². The van der Waals surface area contributed by atoms with Crippen LogP contribution in [0.4, 0.5) is 0 Å². The molecule has 0 radical (unpaired) electrons. The van der Waals surface area contributed by atoms with Gasteiger partial charge in [0.2, 0.25) is 0 Å². The average Bonchev–Trinajstić information content (AvgIpc) is 3.20. The Morgan fingerprint density at radius 1 is 0.382 bits per heavy atom. The van der Waals surface area contributed by atoms with Crippen LogP contribution < -0.4 is 9.47 Å². The number of hydrogen-bond acceptors (Lipinski definition) is 4. The molecule has 0 aliphatic rings. The van der Waals surface area contributed by atoms with E-state index >= 15 is 0 Å². The van der Waals surface area contributed by atoms with Gasteiger partial charge in [0.05, 0.1) is 6.21 Å². The number of ether oxygens (including phenoxy) is 2. The summed E-state index contributed by atoms with van der Waals surface area (Å²) in [7, 11) is 0. The minimum atomic E-state index is 0.206. The van der Waals surface area contributed by atoms with Crippen molar-refractivity contribution in [2.24, 2.45) is 5.16 Å². The van der Waals surface area contributed by atoms with Gasteiger partial charge in [-0.15, -0.1) is 12.8 Å². The van der Waals surface area contributed by atoms with Crippen LogP contribution in [-0.2, 0) is 0 Å². The van der Waals surface area contributed by atoms with Crippen molar-refractivity contribution in [3.8, 4) is 273 Å². The van der Waals surface area contributed by atoms with Gasteiger partial charge in [-0.1, -0.05) is 5.16 Å². The average molecular weight is 682 g/mol. The molecule has 0 saturated carbocycles. The summed E-state index contributed by atoms with van der Waals surface area (Å²) in [4.78, 5) is 0. The van der Waals surface area contributed by atoms with Crippen molar-refractivity contribution >= 4 is 6.21 Å². The highest BCUT2D eigenvalue weighted by atomic mass is 16.5. The highest BCUT2D eigenvalue weighted by Crippen LogP contribution is 2.23. The molecule has 0 aliphatic carbocycles. The van der Waals surface area contributed by atoms with Gasteiger partial charge >= 0.3 is 0 Å². The zero-order valence-electron chi connectivity index (χ0n) is 27.7. The van der Waals surface area contributed by atoms with Crippen molar-refractivity contribution in [2.45, 2.75) is 0 Å². The van der Waals surface area contributed by atoms with Gasteiger partial charge in [0.1, 0.15) is 18.0 Å².